The zero-order valence-electron chi connectivity index (χ0n) is 12.7. The van der Waals surface area contributed by atoms with Crippen LogP contribution in [0.15, 0.2) is 21.2 Å². The first-order valence-electron chi connectivity index (χ1n) is 7.31. The van der Waals surface area contributed by atoms with Gasteiger partial charge in [-0.05, 0) is 13.8 Å². The molecule has 2 aromatic heterocycles. The maximum atomic E-state index is 12.3. The lowest BCUT2D eigenvalue weighted by atomic mass is 10.0. The third kappa shape index (κ3) is 3.19. The van der Waals surface area contributed by atoms with Crippen LogP contribution in [0.2, 0.25) is 0 Å². The fraction of sp³-hybridized carbons (Fsp3) is 0.533. The van der Waals surface area contributed by atoms with Gasteiger partial charge < -0.3 is 19.1 Å². The molecule has 1 N–H and O–H groups in total. The number of nitrogens with zero attached hydrogens (tertiary/aromatic N) is 3. The van der Waals surface area contributed by atoms with E-state index in [0.29, 0.717) is 25.3 Å². The summed E-state index contributed by atoms with van der Waals surface area (Å²) in [5.41, 5.74) is 1.57. The molecule has 0 spiro atoms. The first kappa shape index (κ1) is 14.8. The molecule has 3 heterocycles. The fourth-order valence-electron chi connectivity index (χ4n) is 2.79. The van der Waals surface area contributed by atoms with Gasteiger partial charge in [0.1, 0.15) is 11.5 Å². The van der Waals surface area contributed by atoms with Crippen LogP contribution in [-0.4, -0.2) is 45.4 Å². The summed E-state index contributed by atoms with van der Waals surface area (Å²) in [5.74, 6) is 1.19. The van der Waals surface area contributed by atoms with E-state index < -0.39 is 6.10 Å². The maximum Gasteiger partial charge on any atom is 0.230 e. The molecular formula is C15H19N3O4. The highest BCUT2D eigenvalue weighted by Crippen LogP contribution is 2.22. The molecule has 2 atom stereocenters. The summed E-state index contributed by atoms with van der Waals surface area (Å²) in [4.78, 5) is 13.9. The van der Waals surface area contributed by atoms with Gasteiger partial charge in [0.15, 0.2) is 0 Å². The zero-order chi connectivity index (χ0) is 15.7. The van der Waals surface area contributed by atoms with Crippen molar-refractivity contribution in [3.63, 3.8) is 0 Å². The van der Waals surface area contributed by atoms with Gasteiger partial charge in [-0.3, -0.25) is 4.79 Å². The number of rotatable bonds is 4. The molecule has 22 heavy (non-hydrogen) atoms. The second-order valence-electron chi connectivity index (χ2n) is 5.88. The highest BCUT2D eigenvalue weighted by atomic mass is 16.5. The minimum absolute atomic E-state index is 0.0345. The average Bonchev–Trinajstić information content (AvgIpc) is 3.14. The minimum atomic E-state index is -0.550. The Bertz CT molecular complexity index is 663. The zero-order valence-corrected chi connectivity index (χ0v) is 12.7. The SMILES string of the molecule is Cc1cc(CC(=O)N2C[C@@H](Cc3cc(C)no3)[C@H](O)C2)on1. The molecule has 7 nitrogen and oxygen atoms in total. The summed E-state index contributed by atoms with van der Waals surface area (Å²) in [7, 11) is 0. The van der Waals surface area contributed by atoms with Crippen molar-refractivity contribution in [2.24, 2.45) is 5.92 Å². The van der Waals surface area contributed by atoms with Gasteiger partial charge in [-0.2, -0.15) is 0 Å². The number of hydrogen-bond donors (Lipinski definition) is 1. The molecule has 7 heteroatoms. The molecular weight excluding hydrogens is 286 g/mol. The Morgan fingerprint density at radius 3 is 2.45 bits per heavy atom. The molecule has 0 bridgehead atoms. The smallest absolute Gasteiger partial charge is 0.230 e. The van der Waals surface area contributed by atoms with E-state index in [1.54, 1.807) is 11.0 Å². The van der Waals surface area contributed by atoms with E-state index in [4.69, 9.17) is 9.05 Å². The van der Waals surface area contributed by atoms with Gasteiger partial charge in [-0.1, -0.05) is 10.3 Å². The first-order valence-corrected chi connectivity index (χ1v) is 7.31. The lowest BCUT2D eigenvalue weighted by Crippen LogP contribution is -2.30. The van der Waals surface area contributed by atoms with Gasteiger partial charge in [0.2, 0.25) is 5.91 Å². The molecule has 0 saturated carbocycles. The summed E-state index contributed by atoms with van der Waals surface area (Å²) < 4.78 is 10.2. The quantitative estimate of drug-likeness (QED) is 0.901. The van der Waals surface area contributed by atoms with Crippen molar-refractivity contribution in [3.8, 4) is 0 Å². The molecule has 3 rings (SSSR count). The van der Waals surface area contributed by atoms with Crippen LogP contribution in [0.5, 0.6) is 0 Å². The van der Waals surface area contributed by atoms with Crippen LogP contribution in [0.1, 0.15) is 22.9 Å². The van der Waals surface area contributed by atoms with Crippen molar-refractivity contribution in [2.75, 3.05) is 13.1 Å². The highest BCUT2D eigenvalue weighted by molar-refractivity contribution is 5.78. The Morgan fingerprint density at radius 1 is 1.23 bits per heavy atom. The minimum Gasteiger partial charge on any atom is -0.391 e. The maximum absolute atomic E-state index is 12.3. The van der Waals surface area contributed by atoms with Crippen LogP contribution < -0.4 is 0 Å². The molecule has 1 aliphatic heterocycles. The van der Waals surface area contributed by atoms with Crippen molar-refractivity contribution >= 4 is 5.91 Å². The van der Waals surface area contributed by atoms with Crippen molar-refractivity contribution in [3.05, 3.63) is 35.0 Å². The number of carbonyl (C=O) groups is 1. The summed E-state index contributed by atoms with van der Waals surface area (Å²) in [6.45, 7) is 4.51. The van der Waals surface area contributed by atoms with E-state index in [1.165, 1.54) is 0 Å². The van der Waals surface area contributed by atoms with E-state index >= 15 is 0 Å². The highest BCUT2D eigenvalue weighted by Gasteiger charge is 2.34. The standard InChI is InChI=1S/C15H19N3O4/c1-9-3-12(21-16-9)5-11-7-18(8-14(11)19)15(20)6-13-4-10(2)17-22-13/h3-4,11,14,19H,5-8H2,1-2H3/t11-,14-/m1/s1. The van der Waals surface area contributed by atoms with Gasteiger partial charge in [0.05, 0.1) is 23.9 Å². The number of aryl methyl sites for hydroxylation is 2. The number of aliphatic hydroxyl groups excluding tert-OH is 1. The topological polar surface area (TPSA) is 92.6 Å². The van der Waals surface area contributed by atoms with Gasteiger partial charge in [-0.25, -0.2) is 0 Å². The molecule has 0 aromatic carbocycles. The molecule has 1 saturated heterocycles. The van der Waals surface area contributed by atoms with Crippen LogP contribution >= 0.6 is 0 Å². The van der Waals surface area contributed by atoms with E-state index in [1.807, 2.05) is 19.9 Å². The number of carbonyl (C=O) groups excluding carboxylic acids is 1. The van der Waals surface area contributed by atoms with E-state index in [0.717, 1.165) is 17.1 Å². The van der Waals surface area contributed by atoms with Crippen LogP contribution in [0.4, 0.5) is 0 Å². The van der Waals surface area contributed by atoms with E-state index in [9.17, 15) is 9.90 Å². The third-order valence-corrected chi connectivity index (χ3v) is 3.90. The normalized spacial score (nSPS) is 21.5. The Morgan fingerprint density at radius 2 is 1.86 bits per heavy atom. The number of β-amino-alcohol motifs (C(OH)–C–C–N with tert-alkyl or cyclic N) is 1. The van der Waals surface area contributed by atoms with Crippen LogP contribution in [-0.2, 0) is 17.6 Å². The Kier molecular flexibility index (Phi) is 3.98. The Hall–Kier alpha value is -2.15. The summed E-state index contributed by atoms with van der Waals surface area (Å²) >= 11 is 0. The van der Waals surface area contributed by atoms with Gasteiger partial charge >= 0.3 is 0 Å². The fourth-order valence-corrected chi connectivity index (χ4v) is 2.79. The Balaban J connectivity index is 1.58. The van der Waals surface area contributed by atoms with Crippen LogP contribution in [0.25, 0.3) is 0 Å². The van der Waals surface area contributed by atoms with Gasteiger partial charge in [0, 0.05) is 37.6 Å². The molecule has 1 amide bonds. The van der Waals surface area contributed by atoms with Gasteiger partial charge in [-0.15, -0.1) is 0 Å². The van der Waals surface area contributed by atoms with Crippen molar-refractivity contribution in [1.29, 1.82) is 0 Å². The van der Waals surface area contributed by atoms with Crippen molar-refractivity contribution in [1.82, 2.24) is 15.2 Å². The molecule has 1 aliphatic rings. The summed E-state index contributed by atoms with van der Waals surface area (Å²) in [6, 6.07) is 3.60. The average molecular weight is 305 g/mol. The van der Waals surface area contributed by atoms with Crippen molar-refractivity contribution in [2.45, 2.75) is 32.8 Å². The molecule has 0 aliphatic carbocycles. The Labute approximate surface area is 127 Å². The number of hydrogen-bond acceptors (Lipinski definition) is 6. The third-order valence-electron chi connectivity index (χ3n) is 3.90. The lowest BCUT2D eigenvalue weighted by Gasteiger charge is -2.14. The molecule has 118 valence electrons. The second kappa shape index (κ2) is 5.92. The predicted octanol–water partition coefficient (Wildman–Crippen LogP) is 0.884. The number of likely N-dealkylation sites (tertiary alicyclic amines) is 1. The second-order valence-corrected chi connectivity index (χ2v) is 5.88. The summed E-state index contributed by atoms with van der Waals surface area (Å²) in [6.07, 6.45) is 0.195. The van der Waals surface area contributed by atoms with Crippen LogP contribution in [0, 0.1) is 19.8 Å². The monoisotopic (exact) mass is 305 g/mol. The van der Waals surface area contributed by atoms with Crippen molar-refractivity contribution < 1.29 is 18.9 Å². The number of amides is 1. The first-order chi connectivity index (χ1) is 10.5. The predicted molar refractivity (Wildman–Crippen MR) is 76.0 cm³/mol. The number of aromatic nitrogens is 2. The van der Waals surface area contributed by atoms with E-state index in [2.05, 4.69) is 10.3 Å². The van der Waals surface area contributed by atoms with Crippen LogP contribution in [0.3, 0.4) is 0 Å². The largest absolute Gasteiger partial charge is 0.391 e. The van der Waals surface area contributed by atoms with E-state index in [-0.39, 0.29) is 18.2 Å². The summed E-state index contributed by atoms with van der Waals surface area (Å²) in [5, 5.41) is 17.8. The number of aliphatic hydroxyl groups is 1. The molecule has 0 unspecified atom stereocenters. The van der Waals surface area contributed by atoms with Gasteiger partial charge in [0.25, 0.3) is 0 Å². The lowest BCUT2D eigenvalue weighted by molar-refractivity contribution is -0.130. The molecule has 0 radical (unpaired) electrons. The molecule has 1 fully saturated rings. The molecule has 2 aromatic rings.